The van der Waals surface area contributed by atoms with Crippen LogP contribution >= 0.6 is 39.1 Å². The van der Waals surface area contributed by atoms with E-state index < -0.39 is 28.5 Å². The molecule has 0 radical (unpaired) electrons. The number of halogens is 3. The van der Waals surface area contributed by atoms with Crippen molar-refractivity contribution in [2.45, 2.75) is 51.2 Å². The molecular weight excluding hydrogens is 625 g/mol. The summed E-state index contributed by atoms with van der Waals surface area (Å²) in [5.41, 5.74) is 1.78. The van der Waals surface area contributed by atoms with Gasteiger partial charge in [-0.3, -0.25) is 13.9 Å². The lowest BCUT2D eigenvalue weighted by Gasteiger charge is -2.32. The van der Waals surface area contributed by atoms with E-state index in [1.165, 1.54) is 35.2 Å². The summed E-state index contributed by atoms with van der Waals surface area (Å²) in [6.45, 7) is 6.62. The predicted molar refractivity (Wildman–Crippen MR) is 160 cm³/mol. The largest absolute Gasteiger partial charge is 0.352 e. The predicted octanol–water partition coefficient (Wildman–Crippen LogP) is 6.20. The number of sulfonamides is 1. The second-order valence-electron chi connectivity index (χ2n) is 9.44. The summed E-state index contributed by atoms with van der Waals surface area (Å²) in [5.74, 6) is -0.926. The molecule has 0 aliphatic carbocycles. The van der Waals surface area contributed by atoms with Crippen LogP contribution in [-0.2, 0) is 26.2 Å². The maximum Gasteiger partial charge on any atom is 0.264 e. The monoisotopic (exact) mass is 653 g/mol. The standard InChI is InChI=1S/C28H30BrCl2N3O4S/c1-18(2)32-28(36)20(4)33(16-21-7-9-22(29)10-8-21)27(35)17-34(25-14-23(30)13-24(31)15-25)39(37,38)26-11-5-19(3)6-12-26/h5-15,18,20H,16-17H2,1-4H3,(H,32,36). The molecule has 0 spiro atoms. The summed E-state index contributed by atoms with van der Waals surface area (Å²) in [6, 6.07) is 16.9. The first kappa shape index (κ1) is 30.9. The van der Waals surface area contributed by atoms with Crippen molar-refractivity contribution in [1.29, 1.82) is 0 Å². The van der Waals surface area contributed by atoms with Crippen molar-refractivity contribution in [2.75, 3.05) is 10.8 Å². The zero-order valence-corrected chi connectivity index (χ0v) is 25.9. The van der Waals surface area contributed by atoms with Crippen LogP contribution in [0.1, 0.15) is 31.9 Å². The van der Waals surface area contributed by atoms with Crippen LogP contribution in [0.4, 0.5) is 5.69 Å². The van der Waals surface area contributed by atoms with Gasteiger partial charge in [-0.1, -0.05) is 69.0 Å². The highest BCUT2D eigenvalue weighted by Crippen LogP contribution is 2.30. The fraction of sp³-hybridized carbons (Fsp3) is 0.286. The lowest BCUT2D eigenvalue weighted by molar-refractivity contribution is -0.139. The normalized spacial score (nSPS) is 12.2. The Balaban J connectivity index is 2.06. The third kappa shape index (κ3) is 8.20. The number of nitrogens with zero attached hydrogens (tertiary/aromatic N) is 2. The molecule has 0 saturated heterocycles. The van der Waals surface area contributed by atoms with Gasteiger partial charge in [-0.2, -0.15) is 0 Å². The van der Waals surface area contributed by atoms with E-state index in [0.717, 1.165) is 19.9 Å². The molecule has 3 aromatic carbocycles. The molecule has 1 N–H and O–H groups in total. The van der Waals surface area contributed by atoms with Gasteiger partial charge in [0.05, 0.1) is 10.6 Å². The van der Waals surface area contributed by atoms with E-state index in [0.29, 0.717) is 0 Å². The van der Waals surface area contributed by atoms with Crippen LogP contribution in [-0.4, -0.2) is 43.8 Å². The van der Waals surface area contributed by atoms with Crippen LogP contribution in [0.15, 0.2) is 76.1 Å². The van der Waals surface area contributed by atoms with E-state index in [9.17, 15) is 18.0 Å². The highest BCUT2D eigenvalue weighted by atomic mass is 79.9. The number of nitrogens with one attached hydrogen (secondary N) is 1. The Morgan fingerprint density at radius 3 is 2.03 bits per heavy atom. The summed E-state index contributed by atoms with van der Waals surface area (Å²) in [5, 5.41) is 3.25. The molecule has 39 heavy (non-hydrogen) atoms. The van der Waals surface area contributed by atoms with Gasteiger partial charge in [-0.15, -0.1) is 0 Å². The van der Waals surface area contributed by atoms with Crippen LogP contribution in [0.2, 0.25) is 10.0 Å². The van der Waals surface area contributed by atoms with Crippen molar-refractivity contribution < 1.29 is 18.0 Å². The first-order valence-electron chi connectivity index (χ1n) is 12.2. The van der Waals surface area contributed by atoms with Crippen molar-refractivity contribution in [3.05, 3.63) is 92.4 Å². The highest BCUT2D eigenvalue weighted by molar-refractivity contribution is 9.10. The van der Waals surface area contributed by atoms with Gasteiger partial charge in [-0.05, 0) is 75.7 Å². The van der Waals surface area contributed by atoms with Gasteiger partial charge >= 0.3 is 0 Å². The van der Waals surface area contributed by atoms with E-state index in [4.69, 9.17) is 23.2 Å². The van der Waals surface area contributed by atoms with Gasteiger partial charge in [0.15, 0.2) is 0 Å². The lowest BCUT2D eigenvalue weighted by atomic mass is 10.1. The molecule has 2 amide bonds. The summed E-state index contributed by atoms with van der Waals surface area (Å²) in [6.07, 6.45) is 0. The zero-order valence-electron chi connectivity index (χ0n) is 22.0. The molecule has 3 rings (SSSR count). The van der Waals surface area contributed by atoms with Crippen molar-refractivity contribution >= 4 is 66.7 Å². The van der Waals surface area contributed by atoms with Crippen LogP contribution in [0.3, 0.4) is 0 Å². The molecule has 3 aromatic rings. The van der Waals surface area contributed by atoms with E-state index in [1.807, 2.05) is 45.0 Å². The fourth-order valence-electron chi connectivity index (χ4n) is 3.82. The average molecular weight is 655 g/mol. The van der Waals surface area contributed by atoms with Crippen LogP contribution in [0.5, 0.6) is 0 Å². The number of amides is 2. The van der Waals surface area contributed by atoms with E-state index in [-0.39, 0.29) is 39.1 Å². The Bertz CT molecular complexity index is 1410. The highest BCUT2D eigenvalue weighted by Gasteiger charge is 2.33. The first-order chi connectivity index (χ1) is 18.3. The van der Waals surface area contributed by atoms with Crippen LogP contribution in [0.25, 0.3) is 0 Å². The average Bonchev–Trinajstić information content (AvgIpc) is 2.85. The quantitative estimate of drug-likeness (QED) is 0.282. The van der Waals surface area contributed by atoms with Gasteiger partial charge < -0.3 is 10.2 Å². The number of hydrogen-bond acceptors (Lipinski definition) is 4. The number of hydrogen-bond donors (Lipinski definition) is 1. The molecule has 0 aliphatic heterocycles. The molecule has 0 aliphatic rings. The molecule has 11 heteroatoms. The lowest BCUT2D eigenvalue weighted by Crippen LogP contribution is -2.52. The maximum atomic E-state index is 13.9. The summed E-state index contributed by atoms with van der Waals surface area (Å²) in [7, 11) is -4.21. The molecule has 0 aromatic heterocycles. The minimum atomic E-state index is -4.21. The Labute approximate surface area is 248 Å². The Morgan fingerprint density at radius 1 is 0.923 bits per heavy atom. The Morgan fingerprint density at radius 2 is 1.49 bits per heavy atom. The Kier molecular flexibility index (Phi) is 10.5. The van der Waals surface area contributed by atoms with E-state index in [2.05, 4.69) is 21.2 Å². The number of benzene rings is 3. The van der Waals surface area contributed by atoms with Gasteiger partial charge in [0.2, 0.25) is 11.8 Å². The second kappa shape index (κ2) is 13.2. The molecule has 1 unspecified atom stereocenters. The number of aryl methyl sites for hydroxylation is 1. The minimum Gasteiger partial charge on any atom is -0.352 e. The van der Waals surface area contributed by atoms with Crippen molar-refractivity contribution in [2.24, 2.45) is 0 Å². The second-order valence-corrected chi connectivity index (χ2v) is 13.1. The topological polar surface area (TPSA) is 86.8 Å². The number of carbonyl (C=O) groups is 2. The molecular formula is C28H30BrCl2N3O4S. The van der Waals surface area contributed by atoms with Crippen molar-refractivity contribution in [3.63, 3.8) is 0 Å². The Hall–Kier alpha value is -2.59. The molecule has 1 atom stereocenters. The molecule has 208 valence electrons. The van der Waals surface area contributed by atoms with Crippen molar-refractivity contribution in [3.8, 4) is 0 Å². The maximum absolute atomic E-state index is 13.9. The SMILES string of the molecule is Cc1ccc(S(=O)(=O)N(CC(=O)N(Cc2ccc(Br)cc2)C(C)C(=O)NC(C)C)c2cc(Cl)cc(Cl)c2)cc1. The van der Waals surface area contributed by atoms with E-state index in [1.54, 1.807) is 19.1 Å². The number of rotatable bonds is 10. The third-order valence-corrected chi connectivity index (χ3v) is 8.64. The number of anilines is 1. The number of carbonyl (C=O) groups excluding carboxylic acids is 2. The van der Waals surface area contributed by atoms with Crippen molar-refractivity contribution in [1.82, 2.24) is 10.2 Å². The first-order valence-corrected chi connectivity index (χ1v) is 15.2. The summed E-state index contributed by atoms with van der Waals surface area (Å²) < 4.78 is 29.5. The van der Waals surface area contributed by atoms with Crippen LogP contribution < -0.4 is 9.62 Å². The van der Waals surface area contributed by atoms with Crippen LogP contribution in [0, 0.1) is 6.92 Å². The van der Waals surface area contributed by atoms with Gasteiger partial charge in [0.1, 0.15) is 12.6 Å². The molecule has 0 fully saturated rings. The minimum absolute atomic E-state index is 0.00190. The van der Waals surface area contributed by atoms with Gasteiger partial charge in [-0.25, -0.2) is 8.42 Å². The fourth-order valence-corrected chi connectivity index (χ4v) is 6.00. The molecule has 0 bridgehead atoms. The van der Waals surface area contributed by atoms with E-state index >= 15 is 0 Å². The molecule has 7 nitrogen and oxygen atoms in total. The molecule has 0 saturated carbocycles. The smallest absolute Gasteiger partial charge is 0.264 e. The molecule has 0 heterocycles. The van der Waals surface area contributed by atoms with Gasteiger partial charge in [0, 0.05) is 27.1 Å². The zero-order chi connectivity index (χ0) is 28.9. The third-order valence-electron chi connectivity index (χ3n) is 5.89. The summed E-state index contributed by atoms with van der Waals surface area (Å²) in [4.78, 5) is 28.2. The van der Waals surface area contributed by atoms with Gasteiger partial charge in [0.25, 0.3) is 10.0 Å². The summed E-state index contributed by atoms with van der Waals surface area (Å²) >= 11 is 15.8.